The minimum atomic E-state index is -1.89. The molecule has 6 amide bonds. The Morgan fingerprint density at radius 2 is 1.76 bits per heavy atom. The molecule has 1 unspecified atom stereocenters. The number of carbonyl (C=O) groups excluding carboxylic acids is 8. The van der Waals surface area contributed by atoms with E-state index in [2.05, 4.69) is 22.0 Å². The van der Waals surface area contributed by atoms with Crippen molar-refractivity contribution in [1.29, 1.82) is 0 Å². The average Bonchev–Trinajstić information content (AvgIpc) is 1.62. The van der Waals surface area contributed by atoms with Crippen LogP contribution in [-0.4, -0.2) is 183 Å². The Balaban J connectivity index is 1.03. The third-order valence-corrected chi connectivity index (χ3v) is 17.3. The van der Waals surface area contributed by atoms with E-state index in [1.807, 2.05) is 19.1 Å². The van der Waals surface area contributed by atoms with E-state index in [1.165, 1.54) is 54.8 Å². The van der Waals surface area contributed by atoms with E-state index in [0.717, 1.165) is 55.0 Å². The fourth-order valence-electron chi connectivity index (χ4n) is 10.2. The van der Waals surface area contributed by atoms with Gasteiger partial charge in [0, 0.05) is 79.3 Å². The number of nitrogens with one attached hydrogen (secondary N) is 3. The average molecular weight is 1240 g/mol. The molecule has 9 atom stereocenters. The van der Waals surface area contributed by atoms with Crippen molar-refractivity contribution >= 4 is 81.8 Å². The van der Waals surface area contributed by atoms with Crippen LogP contribution in [0.25, 0.3) is 0 Å². The van der Waals surface area contributed by atoms with Crippen molar-refractivity contribution in [3.63, 3.8) is 0 Å². The number of epoxide rings is 1. The number of hydrogen-bond acceptors (Lipinski definition) is 18. The van der Waals surface area contributed by atoms with Crippen molar-refractivity contribution in [2.45, 2.75) is 153 Å². The van der Waals surface area contributed by atoms with Gasteiger partial charge < -0.3 is 68.5 Å². The topological polar surface area (TPSA) is 274 Å². The molecule has 25 heteroatoms. The lowest BCUT2D eigenvalue weighted by atomic mass is 9.83. The molecule has 23 nitrogen and oxygen atoms in total. The fraction of sp³-hybridized carbons (Fsp3) is 0.574. The number of carbonyl (C=O) groups is 8. The van der Waals surface area contributed by atoms with E-state index in [4.69, 9.17) is 44.8 Å². The van der Waals surface area contributed by atoms with Gasteiger partial charge in [0.05, 0.1) is 43.6 Å². The van der Waals surface area contributed by atoms with E-state index < -0.39 is 90.2 Å². The Bertz CT molecular complexity index is 2890. The number of benzene rings is 2. The van der Waals surface area contributed by atoms with Crippen LogP contribution < -0.4 is 30.3 Å². The normalized spacial score (nSPS) is 25.7. The number of amides is 6. The summed E-state index contributed by atoms with van der Waals surface area (Å²) in [5.41, 5.74) is -0.306. The molecule has 3 heterocycles. The van der Waals surface area contributed by atoms with Gasteiger partial charge in [-0.2, -0.15) is 0 Å². The summed E-state index contributed by atoms with van der Waals surface area (Å²) < 4.78 is 40.7. The molecular formula is C61H84ClN7O16S. The van der Waals surface area contributed by atoms with Gasteiger partial charge in [-0.1, -0.05) is 92.1 Å². The molecular weight excluding hydrogens is 1150 g/mol. The molecule has 3 aliphatic heterocycles. The lowest BCUT2D eigenvalue weighted by Crippen LogP contribution is -2.63. The first-order chi connectivity index (χ1) is 40.8. The molecule has 0 aromatic heterocycles. The van der Waals surface area contributed by atoms with Gasteiger partial charge in [-0.15, -0.1) is 0 Å². The number of ketones is 1. The predicted octanol–water partition coefficient (Wildman–Crippen LogP) is 8.33. The summed E-state index contributed by atoms with van der Waals surface area (Å²) in [6.45, 7) is 8.64. The van der Waals surface area contributed by atoms with Crippen molar-refractivity contribution in [3.8, 4) is 11.5 Å². The highest BCUT2D eigenvalue weighted by molar-refractivity contribution is 8.13. The smallest absolute Gasteiger partial charge is 0.413 e. The first-order valence-electron chi connectivity index (χ1n) is 28.9. The van der Waals surface area contributed by atoms with E-state index in [1.54, 1.807) is 77.4 Å². The Morgan fingerprint density at radius 3 is 2.48 bits per heavy atom. The maximum absolute atomic E-state index is 14.4. The van der Waals surface area contributed by atoms with Crippen LogP contribution in [0.15, 0.2) is 66.3 Å². The Labute approximate surface area is 512 Å². The molecule has 0 saturated carbocycles. The standard InChI is InChI=1S/C61H84ClN7O16S/c1-12-43(70)35-63-44-30-40(23-24-46(44)82-56(74)64-42-20-16-14-13-15-17-21-42)36-81-58(76)66(6)26-27-67(7)59(77)86-28-25-51(71)68(8)39(4)55(73)84-50-33-52(72)69(9)45-31-41(32-47(79-10)53(45)62)29-37(2)19-18-22-49(80-11)61(78)34-48(83-57(75)65-61)38(3)54-60(50,5)85-54/h16,18-20,22-24,30-32,38-39,42,48-50,54,63,78H,12-15,17,21,25-29,33-36H2,1-11H3,(H,64,74)(H,65,75)/b20-16+,22-18+,37-19+/t38-,39+,42?,48+,49-,50+,54+,60+,61+/m1/s1. The number of alkyl carbamates (subject to hydrolysis) is 1. The summed E-state index contributed by atoms with van der Waals surface area (Å²) in [5, 5.41) is 20.1. The van der Waals surface area contributed by atoms with Crippen LogP contribution in [0.2, 0.25) is 5.02 Å². The molecule has 1 aliphatic carbocycles. The number of fused-ring (bicyclic) bond motifs is 5. The van der Waals surface area contributed by atoms with Gasteiger partial charge >= 0.3 is 24.2 Å². The quantitative estimate of drug-likeness (QED) is 0.0445. The van der Waals surface area contributed by atoms with Crippen LogP contribution in [0, 0.1) is 5.92 Å². The second-order valence-corrected chi connectivity index (χ2v) is 23.9. The maximum Gasteiger partial charge on any atom is 0.413 e. The molecule has 6 rings (SSSR count). The predicted molar refractivity (Wildman–Crippen MR) is 324 cm³/mol. The van der Waals surface area contributed by atoms with Gasteiger partial charge in [0.1, 0.15) is 47.3 Å². The number of rotatable bonds is 19. The first kappa shape index (κ1) is 68.3. The van der Waals surface area contributed by atoms with Gasteiger partial charge in [-0.25, -0.2) is 19.2 Å². The number of allylic oxidation sites excluding steroid dienone is 4. The Hall–Kier alpha value is -6.86. The van der Waals surface area contributed by atoms with Crippen molar-refractivity contribution in [3.05, 3.63) is 82.4 Å². The van der Waals surface area contributed by atoms with Crippen molar-refractivity contribution in [1.82, 2.24) is 25.3 Å². The highest BCUT2D eigenvalue weighted by Gasteiger charge is 2.64. The molecule has 2 aromatic carbocycles. The zero-order chi connectivity index (χ0) is 63.0. The minimum Gasteiger partial charge on any atom is -0.495 e. The molecule has 4 N–H and O–H groups in total. The number of halogens is 1. The summed E-state index contributed by atoms with van der Waals surface area (Å²) in [6.07, 6.45) is 8.10. The zero-order valence-corrected chi connectivity index (χ0v) is 52.6. The first-order valence-corrected chi connectivity index (χ1v) is 30.3. The third-order valence-electron chi connectivity index (χ3n) is 16.0. The van der Waals surface area contributed by atoms with Crippen LogP contribution in [0.3, 0.4) is 0 Å². The van der Waals surface area contributed by atoms with Crippen molar-refractivity contribution in [2.24, 2.45) is 5.92 Å². The highest BCUT2D eigenvalue weighted by atomic mass is 35.5. The fourth-order valence-corrected chi connectivity index (χ4v) is 11.3. The van der Waals surface area contributed by atoms with Crippen LogP contribution in [0.1, 0.15) is 104 Å². The van der Waals surface area contributed by atoms with Crippen molar-refractivity contribution in [2.75, 3.05) is 78.0 Å². The monoisotopic (exact) mass is 1240 g/mol. The van der Waals surface area contributed by atoms with Crippen LogP contribution in [-0.2, 0) is 55.9 Å². The number of methoxy groups -OCH3 is 2. The molecule has 472 valence electrons. The number of aliphatic hydroxyl groups is 1. The molecule has 2 saturated heterocycles. The molecule has 2 fully saturated rings. The number of likely N-dealkylation sites (N-methyl/N-ethyl adjacent to an activating group) is 3. The van der Waals surface area contributed by atoms with E-state index in [-0.39, 0.29) is 72.7 Å². The number of thioether (sulfide) groups is 1. The third kappa shape index (κ3) is 18.3. The lowest BCUT2D eigenvalue weighted by molar-refractivity contribution is -0.162. The lowest BCUT2D eigenvalue weighted by Gasteiger charge is -2.42. The Morgan fingerprint density at radius 1 is 1.01 bits per heavy atom. The van der Waals surface area contributed by atoms with E-state index >= 15 is 0 Å². The summed E-state index contributed by atoms with van der Waals surface area (Å²) in [4.78, 5) is 112. The second kappa shape index (κ2) is 31.2. The largest absolute Gasteiger partial charge is 0.495 e. The number of nitrogens with zero attached hydrogens (tertiary/aromatic N) is 4. The van der Waals surface area contributed by atoms with Gasteiger partial charge in [0.15, 0.2) is 17.3 Å². The molecule has 0 radical (unpaired) electrons. The minimum absolute atomic E-state index is 0.00208. The van der Waals surface area contributed by atoms with E-state index in [9.17, 15) is 43.5 Å². The summed E-state index contributed by atoms with van der Waals surface area (Å²) in [6, 6.07) is 7.05. The highest BCUT2D eigenvalue weighted by Crippen LogP contribution is 2.49. The van der Waals surface area contributed by atoms with Crippen LogP contribution >= 0.6 is 23.4 Å². The SMILES string of the molecule is CCC(=O)CNc1cc(COC(=O)N(C)CCN(C)C(=O)SCCC(=O)N(C)[C@@H](C)C(=O)O[C@H]2CC(=O)N(C)c3cc(cc(OC)c3Cl)C/C(C)=C/C=C/[C@@H](OC)[C@@]3(O)C[C@H](OC(=O)N3)[C@@H](C)[C@@H]3O[C@@]23C)ccc1OC(=O)NC1/C=C/CCCCC1. The second-order valence-electron chi connectivity index (χ2n) is 22.4. The maximum atomic E-state index is 14.4. The van der Waals surface area contributed by atoms with Gasteiger partial charge in [-0.05, 0) is 81.8 Å². The number of hydrogen-bond donors (Lipinski definition) is 4. The van der Waals surface area contributed by atoms with Crippen LogP contribution in [0.5, 0.6) is 11.5 Å². The van der Waals surface area contributed by atoms with Gasteiger partial charge in [0.2, 0.25) is 11.8 Å². The molecule has 0 spiro atoms. The number of ether oxygens (including phenoxy) is 7. The molecule has 2 aromatic rings. The zero-order valence-electron chi connectivity index (χ0n) is 51.1. The summed E-state index contributed by atoms with van der Waals surface area (Å²) in [5.74, 6) is -1.92. The van der Waals surface area contributed by atoms with E-state index in [0.29, 0.717) is 35.5 Å². The van der Waals surface area contributed by atoms with Gasteiger partial charge in [0.25, 0.3) is 5.24 Å². The molecule has 86 heavy (non-hydrogen) atoms. The number of Topliss-reactive ketones (excluding diaryl/α,β-unsaturated/α-hetero) is 1. The summed E-state index contributed by atoms with van der Waals surface area (Å²) in [7, 11) is 8.91. The summed E-state index contributed by atoms with van der Waals surface area (Å²) >= 11 is 7.72. The van der Waals surface area contributed by atoms with Gasteiger partial charge in [-0.3, -0.25) is 24.5 Å². The van der Waals surface area contributed by atoms with Crippen LogP contribution in [0.4, 0.5) is 30.6 Å². The van der Waals surface area contributed by atoms with Crippen molar-refractivity contribution < 1.29 is 76.6 Å². The molecule has 4 bridgehead atoms. The Kier molecular flexibility index (Phi) is 24.7. The number of anilines is 2. The molecule has 4 aliphatic rings. The number of esters is 1.